The van der Waals surface area contributed by atoms with Gasteiger partial charge in [-0.05, 0) is 17.2 Å². The third-order valence-electron chi connectivity index (χ3n) is 4.67. The van der Waals surface area contributed by atoms with E-state index in [9.17, 15) is 18.0 Å². The Morgan fingerprint density at radius 3 is 2.55 bits per heavy atom. The number of H-pyrrole nitrogens is 1. The van der Waals surface area contributed by atoms with Gasteiger partial charge in [0.15, 0.2) is 5.82 Å². The van der Waals surface area contributed by atoms with Crippen LogP contribution in [0.4, 0.5) is 13.2 Å². The molecule has 1 atom stereocenters. The number of carbonyl (C=O) groups is 1. The van der Waals surface area contributed by atoms with Crippen molar-refractivity contribution in [2.45, 2.75) is 24.7 Å². The first-order valence-corrected chi connectivity index (χ1v) is 9.26. The molecule has 2 heterocycles. The Morgan fingerprint density at radius 1 is 1.10 bits per heavy atom. The van der Waals surface area contributed by atoms with Crippen LogP contribution in [0, 0.1) is 0 Å². The largest absolute Gasteiger partial charge is 0.491 e. The number of halogens is 3. The molecule has 0 saturated heterocycles. The van der Waals surface area contributed by atoms with Crippen LogP contribution >= 0.6 is 0 Å². The molecule has 2 aromatic carbocycles. The van der Waals surface area contributed by atoms with E-state index in [1.165, 1.54) is 0 Å². The van der Waals surface area contributed by atoms with E-state index >= 15 is 0 Å². The lowest BCUT2D eigenvalue weighted by atomic mass is 10.0. The zero-order valence-electron chi connectivity index (χ0n) is 16.0. The van der Waals surface area contributed by atoms with Crippen LogP contribution in [0.15, 0.2) is 65.3 Å². The maximum Gasteiger partial charge on any atom is 0.491 e. The van der Waals surface area contributed by atoms with Crippen molar-refractivity contribution in [3.05, 3.63) is 83.6 Å². The van der Waals surface area contributed by atoms with Crippen molar-refractivity contribution in [3.8, 4) is 0 Å². The van der Waals surface area contributed by atoms with E-state index in [1.54, 1.807) is 30.5 Å². The number of esters is 1. The molecule has 0 saturated carbocycles. The molecule has 2 aromatic heterocycles. The summed E-state index contributed by atoms with van der Waals surface area (Å²) in [6.45, 7) is 0. The topological polar surface area (TPSA) is 107 Å². The summed E-state index contributed by atoms with van der Waals surface area (Å²) in [6.07, 6.45) is -3.71. The molecule has 0 aliphatic carbocycles. The summed E-state index contributed by atoms with van der Waals surface area (Å²) in [5, 5.41) is 4.50. The Bertz CT molecular complexity index is 1200. The number of rotatable bonds is 6. The SMILES string of the molecule is N[C@@](Cc1c[nH]c2ccccc12)(OC(=O)C(F)(F)F)c1nc(Cc2ccccc2)no1. The highest BCUT2D eigenvalue weighted by atomic mass is 19.4. The van der Waals surface area contributed by atoms with Crippen LogP contribution in [-0.2, 0) is 28.1 Å². The van der Waals surface area contributed by atoms with Gasteiger partial charge in [0, 0.05) is 29.9 Å². The molecule has 0 aliphatic rings. The van der Waals surface area contributed by atoms with Crippen molar-refractivity contribution >= 4 is 16.9 Å². The number of carbonyl (C=O) groups excluding carboxylic acids is 1. The van der Waals surface area contributed by atoms with Gasteiger partial charge >= 0.3 is 12.1 Å². The van der Waals surface area contributed by atoms with Gasteiger partial charge in [0.2, 0.25) is 5.72 Å². The zero-order valence-corrected chi connectivity index (χ0v) is 16.0. The fraction of sp³-hybridized carbons (Fsp3) is 0.190. The summed E-state index contributed by atoms with van der Waals surface area (Å²) in [7, 11) is 0. The van der Waals surface area contributed by atoms with Crippen LogP contribution in [0.3, 0.4) is 0 Å². The predicted octanol–water partition coefficient (Wildman–Crippen LogP) is 3.60. The number of aromatic nitrogens is 3. The molecule has 0 bridgehead atoms. The van der Waals surface area contributed by atoms with Crippen molar-refractivity contribution in [1.29, 1.82) is 0 Å². The number of benzene rings is 2. The highest BCUT2D eigenvalue weighted by Gasteiger charge is 2.48. The highest BCUT2D eigenvalue weighted by molar-refractivity contribution is 5.83. The second-order valence-corrected chi connectivity index (χ2v) is 6.99. The van der Waals surface area contributed by atoms with Crippen molar-refractivity contribution in [2.24, 2.45) is 5.73 Å². The number of aromatic amines is 1. The Labute approximate surface area is 174 Å². The van der Waals surface area contributed by atoms with E-state index in [-0.39, 0.29) is 18.7 Å². The maximum absolute atomic E-state index is 12.9. The molecule has 3 N–H and O–H groups in total. The standard InChI is InChI=1S/C21H17F3N4O3/c22-21(23,24)19(29)30-20(25,11-14-12-26-16-9-5-4-8-15(14)16)18-27-17(28-31-18)10-13-6-2-1-3-7-13/h1-9,12,26H,10-11,25H2/t20-/m0/s1. The first kappa shape index (κ1) is 20.6. The van der Waals surface area contributed by atoms with Crippen LogP contribution in [-0.4, -0.2) is 27.3 Å². The lowest BCUT2D eigenvalue weighted by Crippen LogP contribution is -2.47. The highest BCUT2D eigenvalue weighted by Crippen LogP contribution is 2.30. The normalized spacial score (nSPS) is 13.8. The molecular weight excluding hydrogens is 413 g/mol. The predicted molar refractivity (Wildman–Crippen MR) is 104 cm³/mol. The van der Waals surface area contributed by atoms with Gasteiger partial charge in [-0.3, -0.25) is 5.73 Å². The van der Waals surface area contributed by atoms with Crippen molar-refractivity contribution in [3.63, 3.8) is 0 Å². The molecule has 31 heavy (non-hydrogen) atoms. The first-order valence-electron chi connectivity index (χ1n) is 9.26. The first-order chi connectivity index (χ1) is 14.7. The molecule has 10 heteroatoms. The lowest BCUT2D eigenvalue weighted by Gasteiger charge is -2.25. The third kappa shape index (κ3) is 4.43. The van der Waals surface area contributed by atoms with Crippen molar-refractivity contribution < 1.29 is 27.2 Å². The second-order valence-electron chi connectivity index (χ2n) is 6.99. The molecule has 0 spiro atoms. The minimum atomic E-state index is -5.24. The molecule has 0 fully saturated rings. The van der Waals surface area contributed by atoms with Gasteiger partial charge in [0.05, 0.1) is 0 Å². The van der Waals surface area contributed by atoms with Crippen molar-refractivity contribution in [1.82, 2.24) is 15.1 Å². The Kier molecular flexibility index (Phi) is 5.24. The van der Waals surface area contributed by atoms with Crippen LogP contribution in [0.5, 0.6) is 0 Å². The van der Waals surface area contributed by atoms with Gasteiger partial charge in [-0.15, -0.1) is 0 Å². The summed E-state index contributed by atoms with van der Waals surface area (Å²) >= 11 is 0. The van der Waals surface area contributed by atoms with E-state index in [4.69, 9.17) is 10.3 Å². The Hall–Kier alpha value is -3.66. The van der Waals surface area contributed by atoms with E-state index < -0.39 is 23.8 Å². The number of ether oxygens (including phenoxy) is 1. The van der Waals surface area contributed by atoms with E-state index in [0.717, 1.165) is 11.1 Å². The van der Waals surface area contributed by atoms with Crippen LogP contribution in [0.2, 0.25) is 0 Å². The van der Waals surface area contributed by atoms with Gasteiger partial charge in [-0.2, -0.15) is 18.2 Å². The Balaban J connectivity index is 1.68. The summed E-state index contributed by atoms with van der Waals surface area (Å²) in [6, 6.07) is 16.3. The van der Waals surface area contributed by atoms with Gasteiger partial charge < -0.3 is 14.2 Å². The quantitative estimate of drug-likeness (QED) is 0.358. The summed E-state index contributed by atoms with van der Waals surface area (Å²) < 4.78 is 48.6. The van der Waals surface area contributed by atoms with Gasteiger partial charge in [0.1, 0.15) is 0 Å². The molecule has 7 nitrogen and oxygen atoms in total. The number of hydrogen-bond acceptors (Lipinski definition) is 6. The van der Waals surface area contributed by atoms with Gasteiger partial charge in [-0.25, -0.2) is 4.79 Å². The third-order valence-corrected chi connectivity index (χ3v) is 4.67. The fourth-order valence-corrected chi connectivity index (χ4v) is 3.22. The number of nitrogens with one attached hydrogen (secondary N) is 1. The van der Waals surface area contributed by atoms with E-state index in [2.05, 4.69) is 19.9 Å². The van der Waals surface area contributed by atoms with Gasteiger partial charge in [0.25, 0.3) is 5.89 Å². The van der Waals surface area contributed by atoms with Crippen LogP contribution < -0.4 is 5.73 Å². The number of nitrogens with zero attached hydrogens (tertiary/aromatic N) is 2. The smallest absolute Gasteiger partial charge is 0.427 e. The number of para-hydroxylation sites is 1. The molecule has 0 unspecified atom stereocenters. The lowest BCUT2D eigenvalue weighted by molar-refractivity contribution is -0.217. The molecular formula is C21H17F3N4O3. The molecule has 160 valence electrons. The van der Waals surface area contributed by atoms with Crippen molar-refractivity contribution in [2.75, 3.05) is 0 Å². The summed E-state index contributed by atoms with van der Waals surface area (Å²) in [5.41, 5.74) is 5.97. The van der Waals surface area contributed by atoms with E-state index in [0.29, 0.717) is 10.9 Å². The number of fused-ring (bicyclic) bond motifs is 1. The van der Waals surface area contributed by atoms with E-state index in [1.807, 2.05) is 30.3 Å². The molecule has 0 radical (unpaired) electrons. The minimum Gasteiger partial charge on any atom is -0.427 e. The summed E-state index contributed by atoms with van der Waals surface area (Å²) in [4.78, 5) is 18.7. The second kappa shape index (κ2) is 7.88. The minimum absolute atomic E-state index is 0.193. The zero-order chi connectivity index (χ0) is 22.1. The van der Waals surface area contributed by atoms with Gasteiger partial charge in [-0.1, -0.05) is 53.7 Å². The average Bonchev–Trinajstić information content (AvgIpc) is 3.36. The average molecular weight is 430 g/mol. The molecule has 4 rings (SSSR count). The molecule has 0 amide bonds. The number of alkyl halides is 3. The molecule has 4 aromatic rings. The van der Waals surface area contributed by atoms with Crippen LogP contribution in [0.25, 0.3) is 10.9 Å². The summed E-state index contributed by atoms with van der Waals surface area (Å²) in [5.74, 6) is -2.68. The Morgan fingerprint density at radius 2 is 1.81 bits per heavy atom. The number of nitrogens with two attached hydrogens (primary N) is 1. The molecule has 0 aliphatic heterocycles. The monoisotopic (exact) mass is 430 g/mol. The maximum atomic E-state index is 12.9. The van der Waals surface area contributed by atoms with Crippen LogP contribution in [0.1, 0.15) is 22.8 Å². The number of hydrogen-bond donors (Lipinski definition) is 2. The fourth-order valence-electron chi connectivity index (χ4n) is 3.22.